The largest absolute Gasteiger partial charge is 0.351 e. The molecule has 0 aliphatic heterocycles. The second-order valence-electron chi connectivity index (χ2n) is 5.66. The van der Waals surface area contributed by atoms with Crippen LogP contribution in [0.2, 0.25) is 0 Å². The number of benzene rings is 1. The maximum atomic E-state index is 12.0. The zero-order valence-corrected chi connectivity index (χ0v) is 14.7. The molecule has 0 fully saturated rings. The van der Waals surface area contributed by atoms with E-state index in [0.717, 1.165) is 18.5 Å². The number of aromatic nitrogens is 1. The van der Waals surface area contributed by atoms with E-state index in [1.165, 1.54) is 11.3 Å². The first-order valence-corrected chi connectivity index (χ1v) is 8.65. The molecule has 0 aliphatic carbocycles. The van der Waals surface area contributed by atoms with Crippen molar-refractivity contribution in [3.8, 4) is 0 Å². The number of carbonyl (C=O) groups is 2. The quantitative estimate of drug-likeness (QED) is 0.717. The molecular formula is C17H22N4O2S. The Labute approximate surface area is 145 Å². The van der Waals surface area contributed by atoms with Crippen LogP contribution in [0.3, 0.4) is 0 Å². The molecule has 128 valence electrons. The predicted molar refractivity (Wildman–Crippen MR) is 96.4 cm³/mol. The molecule has 1 aromatic heterocycles. The van der Waals surface area contributed by atoms with Gasteiger partial charge >= 0.3 is 0 Å². The van der Waals surface area contributed by atoms with Crippen molar-refractivity contribution in [3.05, 3.63) is 47.0 Å². The molecule has 2 rings (SSSR count). The Kier molecular flexibility index (Phi) is 6.89. The normalized spacial score (nSPS) is 10.6. The van der Waals surface area contributed by atoms with Crippen molar-refractivity contribution in [1.82, 2.24) is 15.2 Å². The van der Waals surface area contributed by atoms with Crippen LogP contribution in [-0.2, 0) is 11.2 Å². The van der Waals surface area contributed by atoms with Gasteiger partial charge in [-0.3, -0.25) is 9.59 Å². The molecule has 0 radical (unpaired) electrons. The monoisotopic (exact) mass is 346 g/mol. The lowest BCUT2D eigenvalue weighted by molar-refractivity contribution is -0.115. The highest BCUT2D eigenvalue weighted by Gasteiger charge is 2.12. The minimum atomic E-state index is -0.214. The summed E-state index contributed by atoms with van der Waals surface area (Å²) in [6.07, 6.45) is 1.16. The summed E-state index contributed by atoms with van der Waals surface area (Å²) in [4.78, 5) is 30.2. The third-order valence-electron chi connectivity index (χ3n) is 3.26. The van der Waals surface area contributed by atoms with Crippen molar-refractivity contribution in [2.45, 2.75) is 12.8 Å². The van der Waals surface area contributed by atoms with Gasteiger partial charge in [-0.15, -0.1) is 11.3 Å². The molecule has 2 aromatic rings. The molecule has 0 bridgehead atoms. The van der Waals surface area contributed by atoms with Crippen molar-refractivity contribution in [2.75, 3.05) is 32.5 Å². The van der Waals surface area contributed by atoms with Gasteiger partial charge in [0.2, 0.25) is 5.91 Å². The average Bonchev–Trinajstić information content (AvgIpc) is 3.00. The van der Waals surface area contributed by atoms with Gasteiger partial charge in [-0.05, 0) is 32.6 Å². The van der Waals surface area contributed by atoms with Gasteiger partial charge in [0.1, 0.15) is 5.69 Å². The highest BCUT2D eigenvalue weighted by Crippen LogP contribution is 2.15. The minimum Gasteiger partial charge on any atom is -0.351 e. The van der Waals surface area contributed by atoms with Gasteiger partial charge in [-0.1, -0.05) is 30.3 Å². The van der Waals surface area contributed by atoms with Crippen LogP contribution in [0, 0.1) is 0 Å². The molecule has 0 atom stereocenters. The second-order valence-corrected chi connectivity index (χ2v) is 6.52. The maximum Gasteiger partial charge on any atom is 0.270 e. The van der Waals surface area contributed by atoms with Crippen molar-refractivity contribution in [2.24, 2.45) is 0 Å². The van der Waals surface area contributed by atoms with Crippen LogP contribution in [0.1, 0.15) is 22.5 Å². The molecule has 0 aliphatic rings. The van der Waals surface area contributed by atoms with Crippen LogP contribution >= 0.6 is 11.3 Å². The van der Waals surface area contributed by atoms with Gasteiger partial charge in [-0.25, -0.2) is 4.98 Å². The van der Waals surface area contributed by atoms with Crippen LogP contribution < -0.4 is 10.6 Å². The van der Waals surface area contributed by atoms with Crippen molar-refractivity contribution in [3.63, 3.8) is 0 Å². The number of hydrogen-bond acceptors (Lipinski definition) is 5. The summed E-state index contributed by atoms with van der Waals surface area (Å²) in [7, 11) is 3.99. The summed E-state index contributed by atoms with van der Waals surface area (Å²) < 4.78 is 0. The molecule has 24 heavy (non-hydrogen) atoms. The summed E-state index contributed by atoms with van der Waals surface area (Å²) in [6, 6.07) is 9.49. The zero-order chi connectivity index (χ0) is 17.4. The van der Waals surface area contributed by atoms with Gasteiger partial charge < -0.3 is 15.5 Å². The Morgan fingerprint density at radius 2 is 1.96 bits per heavy atom. The van der Waals surface area contributed by atoms with Gasteiger partial charge in [0.25, 0.3) is 5.91 Å². The van der Waals surface area contributed by atoms with E-state index in [4.69, 9.17) is 0 Å². The molecule has 2 amide bonds. The lowest BCUT2D eigenvalue weighted by Gasteiger charge is -2.09. The summed E-state index contributed by atoms with van der Waals surface area (Å²) in [6.45, 7) is 1.52. The van der Waals surface area contributed by atoms with Gasteiger partial charge in [0, 0.05) is 11.9 Å². The van der Waals surface area contributed by atoms with Crippen LogP contribution in [-0.4, -0.2) is 48.9 Å². The summed E-state index contributed by atoms with van der Waals surface area (Å²) in [5.74, 6) is -0.359. The van der Waals surface area contributed by atoms with E-state index in [1.54, 1.807) is 5.38 Å². The molecule has 7 heteroatoms. The number of amides is 2. The molecule has 0 spiro atoms. The highest BCUT2D eigenvalue weighted by molar-refractivity contribution is 7.14. The number of nitrogens with zero attached hydrogens (tertiary/aromatic N) is 2. The van der Waals surface area contributed by atoms with Crippen LogP contribution in [0.4, 0.5) is 5.13 Å². The number of hydrogen-bond donors (Lipinski definition) is 2. The Morgan fingerprint density at radius 3 is 2.67 bits per heavy atom. The molecule has 6 nitrogen and oxygen atoms in total. The third kappa shape index (κ3) is 6.10. The second kappa shape index (κ2) is 9.14. The Hall–Kier alpha value is -2.25. The number of nitrogens with one attached hydrogen (secondary N) is 2. The smallest absolute Gasteiger partial charge is 0.270 e. The van der Waals surface area contributed by atoms with E-state index in [2.05, 4.69) is 20.5 Å². The van der Waals surface area contributed by atoms with Crippen LogP contribution in [0.5, 0.6) is 0 Å². The average molecular weight is 346 g/mol. The molecule has 1 aromatic carbocycles. The molecular weight excluding hydrogens is 324 g/mol. The van der Waals surface area contributed by atoms with Gasteiger partial charge in [0.15, 0.2) is 5.13 Å². The van der Waals surface area contributed by atoms with E-state index in [-0.39, 0.29) is 18.2 Å². The zero-order valence-electron chi connectivity index (χ0n) is 13.9. The van der Waals surface area contributed by atoms with E-state index < -0.39 is 0 Å². The molecule has 2 N–H and O–H groups in total. The first-order valence-electron chi connectivity index (χ1n) is 7.77. The van der Waals surface area contributed by atoms with Crippen molar-refractivity contribution in [1.29, 1.82) is 0 Å². The van der Waals surface area contributed by atoms with Crippen LogP contribution in [0.15, 0.2) is 35.7 Å². The predicted octanol–water partition coefficient (Wildman–Crippen LogP) is 2.01. The van der Waals surface area contributed by atoms with E-state index in [0.29, 0.717) is 17.4 Å². The summed E-state index contributed by atoms with van der Waals surface area (Å²) >= 11 is 1.25. The fraction of sp³-hybridized carbons (Fsp3) is 0.353. The number of anilines is 1. The van der Waals surface area contributed by atoms with E-state index in [9.17, 15) is 9.59 Å². The standard InChI is InChI=1S/C17H22N4O2S/c1-21(2)10-6-9-18-16(23)14-12-24-17(19-14)20-15(22)11-13-7-4-3-5-8-13/h3-5,7-8,12H,6,9-11H2,1-2H3,(H,18,23)(H,19,20,22). The van der Waals surface area contributed by atoms with Crippen molar-refractivity contribution >= 4 is 28.3 Å². The fourth-order valence-electron chi connectivity index (χ4n) is 2.07. The van der Waals surface area contributed by atoms with E-state index >= 15 is 0 Å². The number of carbonyl (C=O) groups excluding carboxylic acids is 2. The first kappa shape index (κ1) is 18.1. The Balaban J connectivity index is 1.79. The highest BCUT2D eigenvalue weighted by atomic mass is 32.1. The maximum absolute atomic E-state index is 12.0. The molecule has 0 unspecified atom stereocenters. The lowest BCUT2D eigenvalue weighted by atomic mass is 10.1. The molecule has 0 saturated carbocycles. The van der Waals surface area contributed by atoms with Crippen LogP contribution in [0.25, 0.3) is 0 Å². The first-order chi connectivity index (χ1) is 11.5. The summed E-state index contributed by atoms with van der Waals surface area (Å²) in [5, 5.41) is 7.65. The SMILES string of the molecule is CN(C)CCCNC(=O)c1csc(NC(=O)Cc2ccccc2)n1. The molecule has 0 saturated heterocycles. The summed E-state index contributed by atoms with van der Waals surface area (Å²) in [5.41, 5.74) is 1.27. The Morgan fingerprint density at radius 1 is 1.21 bits per heavy atom. The number of thiazole rings is 1. The van der Waals surface area contributed by atoms with Gasteiger partial charge in [0.05, 0.1) is 6.42 Å². The number of rotatable bonds is 8. The Bertz CT molecular complexity index is 670. The fourth-order valence-corrected chi connectivity index (χ4v) is 2.77. The third-order valence-corrected chi connectivity index (χ3v) is 4.02. The van der Waals surface area contributed by atoms with E-state index in [1.807, 2.05) is 44.4 Å². The lowest BCUT2D eigenvalue weighted by Crippen LogP contribution is -2.27. The topological polar surface area (TPSA) is 74.3 Å². The minimum absolute atomic E-state index is 0.145. The van der Waals surface area contributed by atoms with Gasteiger partial charge in [-0.2, -0.15) is 0 Å². The molecule has 1 heterocycles. The van der Waals surface area contributed by atoms with Crippen molar-refractivity contribution < 1.29 is 9.59 Å².